The highest BCUT2D eigenvalue weighted by Crippen LogP contribution is 2.34. The van der Waals surface area contributed by atoms with Gasteiger partial charge in [0.1, 0.15) is 11.3 Å². The van der Waals surface area contributed by atoms with Crippen LogP contribution in [0.1, 0.15) is 37.7 Å². The molecule has 1 aliphatic rings. The Labute approximate surface area is 209 Å². The molecule has 35 heavy (non-hydrogen) atoms. The number of hydrogen-bond acceptors (Lipinski definition) is 7. The molecule has 0 spiro atoms. The van der Waals surface area contributed by atoms with E-state index in [0.717, 1.165) is 43.2 Å². The molecular weight excluding hydrogens is 484 g/mol. The topological polar surface area (TPSA) is 105 Å². The molecule has 0 saturated heterocycles. The first-order valence-corrected chi connectivity index (χ1v) is 13.5. The second-order valence-corrected chi connectivity index (χ2v) is 11.6. The number of benzene rings is 3. The van der Waals surface area contributed by atoms with Crippen LogP contribution in [0.5, 0.6) is 5.75 Å². The van der Waals surface area contributed by atoms with Gasteiger partial charge < -0.3 is 10.4 Å². The number of phenols is 1. The van der Waals surface area contributed by atoms with E-state index in [-0.39, 0.29) is 11.0 Å². The molecule has 0 radical (unpaired) electrons. The van der Waals surface area contributed by atoms with Crippen molar-refractivity contribution in [2.75, 3.05) is 5.32 Å². The van der Waals surface area contributed by atoms with E-state index in [0.29, 0.717) is 38.2 Å². The van der Waals surface area contributed by atoms with Crippen LogP contribution in [-0.2, 0) is 9.84 Å². The SMILES string of the molecule is Cc1cc(-c2cc(O)ccc2Cl)cc2nnc(Nc3ccc(S(=O)(=O)C4CCCCC4)cc3)nc12. The van der Waals surface area contributed by atoms with Gasteiger partial charge in [-0.2, -0.15) is 0 Å². The van der Waals surface area contributed by atoms with E-state index in [2.05, 4.69) is 20.5 Å². The molecule has 7 nitrogen and oxygen atoms in total. The van der Waals surface area contributed by atoms with Crippen LogP contribution in [0.2, 0.25) is 5.02 Å². The molecule has 0 aliphatic heterocycles. The van der Waals surface area contributed by atoms with E-state index in [1.807, 2.05) is 19.1 Å². The molecule has 1 saturated carbocycles. The lowest BCUT2D eigenvalue weighted by atomic mass is 10.0. The first kappa shape index (κ1) is 23.5. The summed E-state index contributed by atoms with van der Waals surface area (Å²) in [6.07, 6.45) is 4.52. The largest absolute Gasteiger partial charge is 0.508 e. The summed E-state index contributed by atoms with van der Waals surface area (Å²) in [5.74, 6) is 0.440. The third kappa shape index (κ3) is 4.81. The van der Waals surface area contributed by atoms with Crippen LogP contribution >= 0.6 is 11.6 Å². The average molecular weight is 509 g/mol. The van der Waals surface area contributed by atoms with E-state index in [1.54, 1.807) is 36.4 Å². The number of halogens is 1. The predicted molar refractivity (Wildman–Crippen MR) is 138 cm³/mol. The lowest BCUT2D eigenvalue weighted by Gasteiger charge is -2.21. The fraction of sp³-hybridized carbons (Fsp3) is 0.269. The van der Waals surface area contributed by atoms with Crippen molar-refractivity contribution in [1.29, 1.82) is 0 Å². The molecule has 3 aromatic carbocycles. The van der Waals surface area contributed by atoms with Crippen molar-refractivity contribution in [3.8, 4) is 16.9 Å². The minimum atomic E-state index is -3.32. The number of aromatic nitrogens is 3. The smallest absolute Gasteiger partial charge is 0.247 e. The van der Waals surface area contributed by atoms with Crippen LogP contribution in [0.4, 0.5) is 11.6 Å². The molecule has 9 heteroatoms. The number of phenolic OH excluding ortho intramolecular Hbond substituents is 1. The van der Waals surface area contributed by atoms with Crippen LogP contribution in [0, 0.1) is 6.92 Å². The van der Waals surface area contributed by atoms with Crippen molar-refractivity contribution < 1.29 is 13.5 Å². The Morgan fingerprint density at radius 1 is 0.971 bits per heavy atom. The number of nitrogens with zero attached hydrogens (tertiary/aromatic N) is 3. The number of aryl methyl sites for hydroxylation is 1. The molecule has 0 unspecified atom stereocenters. The summed E-state index contributed by atoms with van der Waals surface area (Å²) in [7, 11) is -3.32. The van der Waals surface area contributed by atoms with Crippen molar-refractivity contribution in [2.24, 2.45) is 0 Å². The number of fused-ring (bicyclic) bond motifs is 1. The molecule has 0 atom stereocenters. The fourth-order valence-corrected chi connectivity index (χ4v) is 6.66. The third-order valence-electron chi connectivity index (χ3n) is 6.44. The summed E-state index contributed by atoms with van der Waals surface area (Å²) >= 11 is 6.32. The summed E-state index contributed by atoms with van der Waals surface area (Å²) in [5, 5.41) is 21.7. The maximum atomic E-state index is 12.9. The lowest BCUT2D eigenvalue weighted by molar-refractivity contribution is 0.475. The van der Waals surface area contributed by atoms with E-state index < -0.39 is 9.84 Å². The van der Waals surface area contributed by atoms with Gasteiger partial charge in [-0.3, -0.25) is 0 Å². The van der Waals surface area contributed by atoms with Crippen LogP contribution in [0.3, 0.4) is 0 Å². The molecule has 180 valence electrons. The van der Waals surface area contributed by atoms with Crippen molar-refractivity contribution in [1.82, 2.24) is 15.2 Å². The second kappa shape index (κ2) is 9.43. The van der Waals surface area contributed by atoms with Gasteiger partial charge in [0, 0.05) is 16.3 Å². The van der Waals surface area contributed by atoms with Crippen LogP contribution in [-0.4, -0.2) is 34.0 Å². The normalized spacial score (nSPS) is 14.8. The number of aromatic hydroxyl groups is 1. The predicted octanol–water partition coefficient (Wildman–Crippen LogP) is 6.21. The Morgan fingerprint density at radius 2 is 1.71 bits per heavy atom. The molecule has 1 aliphatic carbocycles. The minimum absolute atomic E-state index is 0.128. The highest BCUT2D eigenvalue weighted by atomic mass is 35.5. The standard InChI is InChI=1S/C26H25ClN4O3S/c1-16-13-17(22-15-19(32)9-12-23(22)27)14-24-25(16)29-26(31-30-24)28-18-7-10-21(11-8-18)35(33,34)20-5-3-2-4-6-20/h7-15,20,32H,2-6H2,1H3,(H,28,29,31). The van der Waals surface area contributed by atoms with Crippen molar-refractivity contribution in [3.63, 3.8) is 0 Å². The molecule has 2 N–H and O–H groups in total. The fourth-order valence-electron chi connectivity index (χ4n) is 4.58. The minimum Gasteiger partial charge on any atom is -0.508 e. The van der Waals surface area contributed by atoms with E-state index in [4.69, 9.17) is 11.6 Å². The molecule has 0 bridgehead atoms. The van der Waals surface area contributed by atoms with Gasteiger partial charge in [0.05, 0.1) is 15.7 Å². The molecule has 0 amide bonds. The van der Waals surface area contributed by atoms with Gasteiger partial charge in [-0.25, -0.2) is 13.4 Å². The Hall–Kier alpha value is -3.23. The lowest BCUT2D eigenvalue weighted by Crippen LogP contribution is -2.24. The number of sulfone groups is 1. The number of hydrogen-bond donors (Lipinski definition) is 2. The van der Waals surface area contributed by atoms with E-state index in [9.17, 15) is 13.5 Å². The maximum absolute atomic E-state index is 12.9. The molecule has 1 aromatic heterocycles. The first-order chi connectivity index (χ1) is 16.8. The van der Waals surface area contributed by atoms with Gasteiger partial charge in [0.15, 0.2) is 9.84 Å². The number of anilines is 2. The van der Waals surface area contributed by atoms with Gasteiger partial charge >= 0.3 is 0 Å². The van der Waals surface area contributed by atoms with Gasteiger partial charge in [-0.15, -0.1) is 10.2 Å². The zero-order valence-corrected chi connectivity index (χ0v) is 20.8. The molecule has 4 aromatic rings. The number of rotatable bonds is 5. The van der Waals surface area contributed by atoms with Crippen LogP contribution in [0.15, 0.2) is 59.5 Å². The molecule has 1 heterocycles. The Balaban J connectivity index is 1.39. The average Bonchev–Trinajstić information content (AvgIpc) is 2.86. The van der Waals surface area contributed by atoms with Crippen molar-refractivity contribution in [2.45, 2.75) is 49.2 Å². The molecule has 1 fully saturated rings. The van der Waals surface area contributed by atoms with E-state index >= 15 is 0 Å². The van der Waals surface area contributed by atoms with Crippen LogP contribution in [0.25, 0.3) is 22.2 Å². The Bertz CT molecular complexity index is 1500. The van der Waals surface area contributed by atoms with Crippen molar-refractivity contribution in [3.05, 3.63) is 65.2 Å². The van der Waals surface area contributed by atoms with Gasteiger partial charge in [0.2, 0.25) is 5.95 Å². The van der Waals surface area contributed by atoms with Gasteiger partial charge in [-0.05, 0) is 85.5 Å². The van der Waals surface area contributed by atoms with Gasteiger partial charge in [0.25, 0.3) is 0 Å². The zero-order valence-electron chi connectivity index (χ0n) is 19.2. The quantitative estimate of drug-likeness (QED) is 0.330. The van der Waals surface area contributed by atoms with E-state index in [1.165, 1.54) is 6.07 Å². The molecule has 5 rings (SSSR count). The summed E-state index contributed by atoms with van der Waals surface area (Å²) in [6, 6.07) is 15.3. The molecular formula is C26H25ClN4O3S. The highest BCUT2D eigenvalue weighted by molar-refractivity contribution is 7.92. The Kier molecular flexibility index (Phi) is 6.34. The second-order valence-electron chi connectivity index (χ2n) is 8.91. The summed E-state index contributed by atoms with van der Waals surface area (Å²) in [5.41, 5.74) is 4.34. The summed E-state index contributed by atoms with van der Waals surface area (Å²) in [4.78, 5) is 4.95. The summed E-state index contributed by atoms with van der Waals surface area (Å²) < 4.78 is 25.9. The highest BCUT2D eigenvalue weighted by Gasteiger charge is 2.28. The first-order valence-electron chi connectivity index (χ1n) is 11.6. The van der Waals surface area contributed by atoms with Gasteiger partial charge in [-0.1, -0.05) is 30.9 Å². The zero-order chi connectivity index (χ0) is 24.6. The third-order valence-corrected chi connectivity index (χ3v) is 9.05. The Morgan fingerprint density at radius 3 is 2.46 bits per heavy atom. The maximum Gasteiger partial charge on any atom is 0.247 e. The van der Waals surface area contributed by atoms with Crippen molar-refractivity contribution >= 4 is 44.1 Å². The van der Waals surface area contributed by atoms with Crippen LogP contribution < -0.4 is 5.32 Å². The number of nitrogens with one attached hydrogen (secondary N) is 1. The monoisotopic (exact) mass is 508 g/mol. The summed E-state index contributed by atoms with van der Waals surface area (Å²) in [6.45, 7) is 1.92.